The number of hydrogen-bond donors (Lipinski definition) is 0. The molecule has 0 N–H and O–H groups in total. The van der Waals surface area contributed by atoms with Gasteiger partial charge in [0.2, 0.25) is 5.75 Å². The summed E-state index contributed by atoms with van der Waals surface area (Å²) in [5.41, 5.74) is 1.15. The first-order valence-corrected chi connectivity index (χ1v) is 9.22. The highest BCUT2D eigenvalue weighted by molar-refractivity contribution is 6.26. The first-order valence-electron chi connectivity index (χ1n) is 8.69. The highest BCUT2D eigenvalue weighted by Gasteiger charge is 2.46. The van der Waals surface area contributed by atoms with Gasteiger partial charge in [0, 0.05) is 5.56 Å². The van der Waals surface area contributed by atoms with Gasteiger partial charge in [-0.05, 0) is 50.5 Å². The lowest BCUT2D eigenvalue weighted by Gasteiger charge is -2.37. The number of methoxy groups -OCH3 is 3. The van der Waals surface area contributed by atoms with Crippen molar-refractivity contribution in [1.82, 2.24) is 0 Å². The van der Waals surface area contributed by atoms with Gasteiger partial charge in [-0.15, -0.1) is 11.6 Å². The van der Waals surface area contributed by atoms with Gasteiger partial charge in [0.1, 0.15) is 11.6 Å². The van der Waals surface area contributed by atoms with Crippen molar-refractivity contribution in [3.8, 4) is 17.2 Å². The van der Waals surface area contributed by atoms with Crippen LogP contribution in [0.1, 0.15) is 33.3 Å². The van der Waals surface area contributed by atoms with Gasteiger partial charge in [0.15, 0.2) is 17.3 Å². The molecule has 6 nitrogen and oxygen atoms in total. The molecular formula is C21H25ClO6. The van der Waals surface area contributed by atoms with Crippen LogP contribution in [-0.4, -0.2) is 39.0 Å². The largest absolute Gasteiger partial charge is 0.493 e. The SMILES string of the molecule is COc1ccc(C2(C)C(=O)C(C)=C(C)C(OC(=O)CCl)=C2C)c(OC)c1OC. The number of carbonyl (C=O) groups is 2. The summed E-state index contributed by atoms with van der Waals surface area (Å²) in [5.74, 6) is 0.613. The summed E-state index contributed by atoms with van der Waals surface area (Å²) in [6, 6.07) is 3.48. The second kappa shape index (κ2) is 8.27. The third kappa shape index (κ3) is 3.26. The number of benzene rings is 1. The first kappa shape index (κ1) is 21.8. The molecule has 0 bridgehead atoms. The van der Waals surface area contributed by atoms with Gasteiger partial charge in [0.05, 0.1) is 26.7 Å². The van der Waals surface area contributed by atoms with Crippen LogP contribution in [0.3, 0.4) is 0 Å². The summed E-state index contributed by atoms with van der Waals surface area (Å²) in [6.07, 6.45) is 0. The molecular weight excluding hydrogens is 384 g/mol. The molecule has 1 unspecified atom stereocenters. The van der Waals surface area contributed by atoms with Gasteiger partial charge in [0.25, 0.3) is 0 Å². The van der Waals surface area contributed by atoms with Crippen LogP contribution in [0.2, 0.25) is 0 Å². The molecule has 1 aromatic rings. The Kier molecular flexibility index (Phi) is 6.44. The fraction of sp³-hybridized carbons (Fsp3) is 0.429. The Bertz CT molecular complexity index is 883. The molecule has 0 radical (unpaired) electrons. The van der Waals surface area contributed by atoms with Gasteiger partial charge in [-0.3, -0.25) is 9.59 Å². The van der Waals surface area contributed by atoms with Crippen LogP contribution >= 0.6 is 11.6 Å². The Hall–Kier alpha value is -2.47. The summed E-state index contributed by atoms with van der Waals surface area (Å²) in [4.78, 5) is 25.3. The Morgan fingerprint density at radius 1 is 1.00 bits per heavy atom. The minimum Gasteiger partial charge on any atom is -0.493 e. The molecule has 0 saturated heterocycles. The number of ketones is 1. The van der Waals surface area contributed by atoms with Crippen molar-refractivity contribution >= 4 is 23.4 Å². The lowest BCUT2D eigenvalue weighted by Crippen LogP contribution is -2.39. The van der Waals surface area contributed by atoms with Gasteiger partial charge < -0.3 is 18.9 Å². The summed E-state index contributed by atoms with van der Waals surface area (Å²) in [5, 5.41) is 0. The van der Waals surface area contributed by atoms with E-state index >= 15 is 0 Å². The number of hydrogen-bond acceptors (Lipinski definition) is 6. The second-order valence-corrected chi connectivity index (χ2v) is 6.92. The van der Waals surface area contributed by atoms with Crippen LogP contribution in [0, 0.1) is 0 Å². The average molecular weight is 409 g/mol. The maximum absolute atomic E-state index is 13.4. The first-order chi connectivity index (χ1) is 13.2. The molecule has 0 heterocycles. The molecule has 0 saturated carbocycles. The van der Waals surface area contributed by atoms with Crippen LogP contribution in [-0.2, 0) is 19.7 Å². The summed E-state index contributed by atoms with van der Waals surface area (Å²) in [7, 11) is 4.52. The maximum Gasteiger partial charge on any atom is 0.326 e. The summed E-state index contributed by atoms with van der Waals surface area (Å²) >= 11 is 5.61. The smallest absolute Gasteiger partial charge is 0.326 e. The number of carbonyl (C=O) groups excluding carboxylic acids is 2. The molecule has 0 aliphatic heterocycles. The molecule has 152 valence electrons. The number of rotatable bonds is 6. The van der Waals surface area contributed by atoms with Gasteiger partial charge >= 0.3 is 5.97 Å². The lowest BCUT2D eigenvalue weighted by molar-refractivity contribution is -0.136. The van der Waals surface area contributed by atoms with Crippen molar-refractivity contribution < 1.29 is 28.5 Å². The van der Waals surface area contributed by atoms with Crippen molar-refractivity contribution in [2.45, 2.75) is 33.1 Å². The van der Waals surface area contributed by atoms with Gasteiger partial charge in [-0.1, -0.05) is 6.07 Å². The Morgan fingerprint density at radius 3 is 2.11 bits per heavy atom. The van der Waals surface area contributed by atoms with Crippen LogP contribution in [0.4, 0.5) is 0 Å². The topological polar surface area (TPSA) is 71.1 Å². The zero-order chi connectivity index (χ0) is 21.2. The normalized spacial score (nSPS) is 19.6. The quantitative estimate of drug-likeness (QED) is 0.524. The van der Waals surface area contributed by atoms with E-state index in [1.807, 2.05) is 0 Å². The molecule has 1 atom stereocenters. The molecule has 0 spiro atoms. The standard InChI is InChI=1S/C21H25ClO6/c1-11-12(2)20(24)21(4,13(3)17(11)28-16(23)10-22)14-8-9-15(25-5)19(27-7)18(14)26-6/h8-9H,10H2,1-7H3. The van der Waals surface area contributed by atoms with Crippen molar-refractivity contribution in [3.05, 3.63) is 40.2 Å². The van der Waals surface area contributed by atoms with E-state index in [4.69, 9.17) is 30.5 Å². The van der Waals surface area contributed by atoms with Gasteiger partial charge in [-0.25, -0.2) is 0 Å². The summed E-state index contributed by atoms with van der Waals surface area (Å²) in [6.45, 7) is 7.00. The Labute approximate surface area is 170 Å². The van der Waals surface area contributed by atoms with Gasteiger partial charge in [-0.2, -0.15) is 0 Å². The highest BCUT2D eigenvalue weighted by Crippen LogP contribution is 2.50. The predicted molar refractivity (Wildman–Crippen MR) is 106 cm³/mol. The van der Waals surface area contributed by atoms with Crippen molar-refractivity contribution in [2.75, 3.05) is 27.2 Å². The Balaban J connectivity index is 2.82. The van der Waals surface area contributed by atoms with Crippen molar-refractivity contribution in [3.63, 3.8) is 0 Å². The summed E-state index contributed by atoms with van der Waals surface area (Å²) < 4.78 is 21.9. The molecule has 1 aliphatic carbocycles. The molecule has 1 aliphatic rings. The third-order valence-electron chi connectivity index (χ3n) is 5.36. The van der Waals surface area contributed by atoms with Crippen molar-refractivity contribution in [1.29, 1.82) is 0 Å². The minimum atomic E-state index is -1.13. The van der Waals surface area contributed by atoms with Crippen LogP contribution < -0.4 is 14.2 Å². The Morgan fingerprint density at radius 2 is 1.61 bits per heavy atom. The van der Waals surface area contributed by atoms with E-state index in [0.717, 1.165) is 0 Å². The number of halogens is 1. The molecule has 0 fully saturated rings. The van der Waals surface area contributed by atoms with E-state index in [2.05, 4.69) is 0 Å². The monoisotopic (exact) mass is 408 g/mol. The van der Waals surface area contributed by atoms with E-state index in [1.54, 1.807) is 39.8 Å². The number of Topliss-reactive ketones (excluding diaryl/α,β-unsaturated/α-hetero) is 1. The van der Waals surface area contributed by atoms with E-state index in [9.17, 15) is 9.59 Å². The van der Waals surface area contributed by atoms with Crippen LogP contribution in [0.25, 0.3) is 0 Å². The highest BCUT2D eigenvalue weighted by atomic mass is 35.5. The maximum atomic E-state index is 13.4. The molecule has 0 amide bonds. The zero-order valence-corrected chi connectivity index (χ0v) is 17.9. The predicted octanol–water partition coefficient (Wildman–Crippen LogP) is 3.95. The molecule has 7 heteroatoms. The van der Waals surface area contributed by atoms with E-state index < -0.39 is 11.4 Å². The molecule has 28 heavy (non-hydrogen) atoms. The van der Waals surface area contributed by atoms with Crippen LogP contribution in [0.5, 0.6) is 17.2 Å². The second-order valence-electron chi connectivity index (χ2n) is 6.65. The fourth-order valence-corrected chi connectivity index (χ4v) is 3.56. The molecule has 0 aromatic heterocycles. The number of esters is 1. The van der Waals surface area contributed by atoms with E-state index in [1.165, 1.54) is 21.3 Å². The minimum absolute atomic E-state index is 0.112. The number of ether oxygens (including phenoxy) is 4. The van der Waals surface area contributed by atoms with E-state index in [-0.39, 0.29) is 11.7 Å². The average Bonchev–Trinajstić information content (AvgIpc) is 2.72. The number of alkyl halides is 1. The van der Waals surface area contributed by atoms with Crippen LogP contribution in [0.15, 0.2) is 34.6 Å². The number of allylic oxidation sites excluding steroid dienone is 3. The van der Waals surface area contributed by atoms with E-state index in [0.29, 0.717) is 45.3 Å². The lowest BCUT2D eigenvalue weighted by atomic mass is 9.66. The fourth-order valence-electron chi connectivity index (χ4n) is 3.51. The molecule has 2 rings (SSSR count). The zero-order valence-electron chi connectivity index (χ0n) is 17.2. The third-order valence-corrected chi connectivity index (χ3v) is 5.57. The molecule has 1 aromatic carbocycles. The van der Waals surface area contributed by atoms with Crippen molar-refractivity contribution in [2.24, 2.45) is 0 Å².